The van der Waals surface area contributed by atoms with Crippen LogP contribution in [0.15, 0.2) is 0 Å². The molecule has 0 saturated heterocycles. The lowest BCUT2D eigenvalue weighted by atomic mass is 11.9. The van der Waals surface area contributed by atoms with Gasteiger partial charge in [-0.15, -0.1) is 0 Å². The second-order valence-corrected chi connectivity index (χ2v) is 13.5. The molecule has 0 aliphatic heterocycles. The number of hydrogen-bond donors (Lipinski definition) is 0. The van der Waals surface area contributed by atoms with Crippen LogP contribution < -0.4 is 0 Å². The van der Waals surface area contributed by atoms with Crippen molar-refractivity contribution < 1.29 is 17.4 Å². The lowest BCUT2D eigenvalue weighted by molar-refractivity contribution is -0.123. The topological polar surface area (TPSA) is 36.9 Å². The molecule has 0 bridgehead atoms. The van der Waals surface area contributed by atoms with E-state index in [1.165, 1.54) is 0 Å². The molecular formula is C7H21O4Si4. The predicted molar refractivity (Wildman–Crippen MR) is 68.4 cm³/mol. The molecule has 0 spiro atoms. The van der Waals surface area contributed by atoms with E-state index in [1.54, 1.807) is 0 Å². The van der Waals surface area contributed by atoms with Crippen LogP contribution in [0.1, 0.15) is 0 Å². The van der Waals surface area contributed by atoms with E-state index in [0.717, 1.165) is 0 Å². The molecule has 0 saturated carbocycles. The normalized spacial score (nSPS) is 13.2. The van der Waals surface area contributed by atoms with Gasteiger partial charge >= 0.3 is 17.8 Å². The van der Waals surface area contributed by atoms with Crippen molar-refractivity contribution in [2.75, 3.05) is 0 Å². The fourth-order valence-corrected chi connectivity index (χ4v) is 9.53. The molecule has 0 heterocycles. The van der Waals surface area contributed by atoms with Crippen molar-refractivity contribution in [1.29, 1.82) is 0 Å². The van der Waals surface area contributed by atoms with E-state index < -0.39 is 35.9 Å². The molecule has 89 valence electrons. The van der Waals surface area contributed by atoms with Gasteiger partial charge in [-0.25, -0.2) is 0 Å². The first-order valence-corrected chi connectivity index (χ1v) is 14.3. The first-order valence-electron chi connectivity index (χ1n) is 4.89. The summed E-state index contributed by atoms with van der Waals surface area (Å²) in [6.45, 7) is 14.3. The Balaban J connectivity index is 3.87. The molecule has 0 aromatic carbocycles. The van der Waals surface area contributed by atoms with Gasteiger partial charge in [0.2, 0.25) is 0 Å². The van der Waals surface area contributed by atoms with E-state index in [2.05, 4.69) is 13.1 Å². The summed E-state index contributed by atoms with van der Waals surface area (Å²) in [4.78, 5) is 0. The van der Waals surface area contributed by atoms with Crippen LogP contribution in [0, 0.1) is 0 Å². The molecule has 0 unspecified atom stereocenters. The Morgan fingerprint density at radius 1 is 0.733 bits per heavy atom. The molecule has 0 rings (SSSR count). The molecule has 0 aromatic heterocycles. The van der Waals surface area contributed by atoms with Gasteiger partial charge in [0.1, 0.15) is 0 Å². The molecule has 0 aliphatic carbocycles. The molecule has 4 nitrogen and oxygen atoms in total. The third-order valence-corrected chi connectivity index (χ3v) is 8.78. The van der Waals surface area contributed by atoms with Crippen molar-refractivity contribution in [1.82, 2.24) is 0 Å². The van der Waals surface area contributed by atoms with Gasteiger partial charge in [-0.05, 0) is 45.8 Å². The van der Waals surface area contributed by atoms with Gasteiger partial charge in [0.25, 0.3) is 9.04 Å². The van der Waals surface area contributed by atoms with Crippen LogP contribution >= 0.6 is 0 Å². The summed E-state index contributed by atoms with van der Waals surface area (Å²) in [6, 6.07) is 0. The third-order valence-electron chi connectivity index (χ3n) is 1.17. The van der Waals surface area contributed by atoms with Crippen LogP contribution in [-0.2, 0) is 17.4 Å². The minimum Gasteiger partial charge on any atom is -0.437 e. The Morgan fingerprint density at radius 2 is 1.27 bits per heavy atom. The highest BCUT2D eigenvalue weighted by Gasteiger charge is 2.30. The minimum atomic E-state index is -2.00. The van der Waals surface area contributed by atoms with Crippen LogP contribution in [0.4, 0.5) is 0 Å². The molecule has 0 fully saturated rings. The zero-order chi connectivity index (χ0) is 12.1. The average Bonchev–Trinajstić information content (AvgIpc) is 1.96. The van der Waals surface area contributed by atoms with Crippen LogP contribution in [0.2, 0.25) is 45.8 Å². The lowest BCUT2D eigenvalue weighted by Gasteiger charge is -2.27. The van der Waals surface area contributed by atoms with Crippen molar-refractivity contribution >= 4 is 35.9 Å². The molecule has 3 radical (unpaired) electrons. The second-order valence-electron chi connectivity index (χ2n) is 4.08. The van der Waals surface area contributed by atoms with Crippen molar-refractivity contribution in [3.63, 3.8) is 0 Å². The van der Waals surface area contributed by atoms with E-state index in [1.807, 2.05) is 32.7 Å². The first kappa shape index (κ1) is 15.7. The molecule has 0 N–H and O–H groups in total. The second kappa shape index (κ2) is 7.12. The quantitative estimate of drug-likeness (QED) is 0.408. The van der Waals surface area contributed by atoms with E-state index in [0.29, 0.717) is 0 Å². The maximum atomic E-state index is 5.83. The Labute approximate surface area is 99.4 Å². The monoisotopic (exact) mass is 281 g/mol. The van der Waals surface area contributed by atoms with Crippen LogP contribution in [-0.4, -0.2) is 35.9 Å². The smallest absolute Gasteiger partial charge is 0.408 e. The van der Waals surface area contributed by atoms with Gasteiger partial charge in [-0.2, -0.15) is 0 Å². The maximum absolute atomic E-state index is 5.83. The van der Waals surface area contributed by atoms with Gasteiger partial charge < -0.3 is 8.23 Å². The predicted octanol–water partition coefficient (Wildman–Crippen LogP) is 2.29. The van der Waals surface area contributed by atoms with E-state index in [9.17, 15) is 0 Å². The Kier molecular flexibility index (Phi) is 7.45. The first-order chi connectivity index (χ1) is 6.73. The standard InChI is InChI=1S/C7H21O4Si4/c1-12(2)8-9-14(5)11-15(6,7)10-13(3)4/h1-7H3. The molecule has 8 heteroatoms. The highest BCUT2D eigenvalue weighted by Crippen LogP contribution is 2.10. The largest absolute Gasteiger partial charge is 0.437 e. The van der Waals surface area contributed by atoms with Crippen molar-refractivity contribution in [3.8, 4) is 0 Å². The highest BCUT2D eigenvalue weighted by atomic mass is 28.5. The van der Waals surface area contributed by atoms with E-state index in [-0.39, 0.29) is 0 Å². The van der Waals surface area contributed by atoms with Crippen LogP contribution in [0.3, 0.4) is 0 Å². The van der Waals surface area contributed by atoms with Gasteiger partial charge in [0.05, 0.1) is 0 Å². The van der Waals surface area contributed by atoms with Crippen molar-refractivity contribution in [2.24, 2.45) is 0 Å². The zero-order valence-electron chi connectivity index (χ0n) is 10.6. The SMILES string of the molecule is C[Si](C)OO[Si](C)O[Si](C)(C)O[Si](C)C. The van der Waals surface area contributed by atoms with Crippen LogP contribution in [0.25, 0.3) is 0 Å². The Hall–Kier alpha value is 0.708. The Bertz CT molecular complexity index is 176. The third kappa shape index (κ3) is 9.63. The van der Waals surface area contributed by atoms with E-state index in [4.69, 9.17) is 17.4 Å². The zero-order valence-corrected chi connectivity index (χ0v) is 14.6. The van der Waals surface area contributed by atoms with Crippen molar-refractivity contribution in [3.05, 3.63) is 0 Å². The summed E-state index contributed by atoms with van der Waals surface area (Å²) in [5.41, 5.74) is 0. The average molecular weight is 282 g/mol. The number of rotatable bonds is 7. The number of hydrogen-bond acceptors (Lipinski definition) is 4. The summed E-state index contributed by atoms with van der Waals surface area (Å²) >= 11 is 0. The molecule has 0 aromatic rings. The fourth-order valence-electron chi connectivity index (χ4n) is 1.02. The summed E-state index contributed by atoms with van der Waals surface area (Å²) in [7, 11) is -4.84. The summed E-state index contributed by atoms with van der Waals surface area (Å²) in [5.74, 6) is 0. The molecule has 15 heavy (non-hydrogen) atoms. The lowest BCUT2D eigenvalue weighted by Crippen LogP contribution is -2.44. The van der Waals surface area contributed by atoms with Gasteiger partial charge in [-0.1, -0.05) is 0 Å². The maximum Gasteiger partial charge on any atom is 0.408 e. The van der Waals surface area contributed by atoms with Gasteiger partial charge in [-0.3, -0.25) is 9.15 Å². The van der Waals surface area contributed by atoms with Gasteiger partial charge in [0, 0.05) is 0 Å². The molecule has 0 aliphatic rings. The van der Waals surface area contributed by atoms with Crippen LogP contribution in [0.5, 0.6) is 0 Å². The Morgan fingerprint density at radius 3 is 1.67 bits per heavy atom. The highest BCUT2D eigenvalue weighted by molar-refractivity contribution is 6.77. The summed E-state index contributed by atoms with van der Waals surface area (Å²) < 4.78 is 22.0. The molecular weight excluding hydrogens is 260 g/mol. The van der Waals surface area contributed by atoms with E-state index >= 15 is 0 Å². The minimum absolute atomic E-state index is 0.704. The summed E-state index contributed by atoms with van der Waals surface area (Å²) in [5, 5.41) is 0. The molecule has 0 amide bonds. The van der Waals surface area contributed by atoms with Gasteiger partial charge in [0.15, 0.2) is 9.04 Å². The fraction of sp³-hybridized carbons (Fsp3) is 1.00. The summed E-state index contributed by atoms with van der Waals surface area (Å²) in [6.07, 6.45) is 0. The van der Waals surface area contributed by atoms with Crippen molar-refractivity contribution in [2.45, 2.75) is 45.8 Å². The molecule has 0 atom stereocenters.